The van der Waals surface area contributed by atoms with Crippen LogP contribution >= 0.6 is 11.5 Å². The van der Waals surface area contributed by atoms with Gasteiger partial charge in [-0.3, -0.25) is 19.4 Å². The molecule has 2 atom stereocenters. The van der Waals surface area contributed by atoms with Crippen LogP contribution in [0.4, 0.5) is 5.82 Å². The molecule has 2 amide bonds. The number of rotatable bonds is 5. The molecule has 2 fully saturated rings. The Morgan fingerprint density at radius 1 is 1.03 bits per heavy atom. The molecule has 0 N–H and O–H groups in total. The van der Waals surface area contributed by atoms with Gasteiger partial charge in [0, 0.05) is 58.5 Å². The third-order valence-electron chi connectivity index (χ3n) is 6.77. The van der Waals surface area contributed by atoms with Crippen molar-refractivity contribution in [3.05, 3.63) is 24.3 Å². The van der Waals surface area contributed by atoms with E-state index in [1.165, 1.54) is 48.1 Å². The Morgan fingerprint density at radius 2 is 1.70 bits per heavy atom. The smallest absolute Gasteiger partial charge is 0.226 e. The lowest BCUT2D eigenvalue weighted by molar-refractivity contribution is -0.143. The molecule has 1 aliphatic carbocycles. The number of benzene rings is 1. The van der Waals surface area contributed by atoms with Crippen LogP contribution in [0.1, 0.15) is 39.5 Å². The lowest BCUT2D eigenvalue weighted by atomic mass is 9.78. The molecule has 2 aromatic rings. The van der Waals surface area contributed by atoms with E-state index in [9.17, 15) is 9.59 Å². The van der Waals surface area contributed by atoms with Crippen LogP contribution in [-0.4, -0.2) is 65.3 Å². The second kappa shape index (κ2) is 9.43. The van der Waals surface area contributed by atoms with Crippen molar-refractivity contribution in [2.45, 2.75) is 39.5 Å². The van der Waals surface area contributed by atoms with Crippen LogP contribution in [0.5, 0.6) is 0 Å². The van der Waals surface area contributed by atoms with Crippen molar-refractivity contribution in [2.75, 3.05) is 44.2 Å². The van der Waals surface area contributed by atoms with Crippen LogP contribution in [0, 0.1) is 11.8 Å². The van der Waals surface area contributed by atoms with Gasteiger partial charge in [-0.15, -0.1) is 0 Å². The summed E-state index contributed by atoms with van der Waals surface area (Å²) >= 11 is 1.58. The molecule has 1 aliphatic heterocycles. The summed E-state index contributed by atoms with van der Waals surface area (Å²) in [6.45, 7) is 8.73. The minimum Gasteiger partial charge on any atom is -0.353 e. The van der Waals surface area contributed by atoms with Crippen LogP contribution < -0.4 is 4.90 Å². The number of hydrogen-bond donors (Lipinski definition) is 0. The third-order valence-corrected chi connectivity index (χ3v) is 7.58. The number of nitrogens with zero attached hydrogens (tertiary/aromatic N) is 4. The van der Waals surface area contributed by atoms with Crippen LogP contribution in [0.2, 0.25) is 0 Å². The molecule has 1 aromatic carbocycles. The van der Waals surface area contributed by atoms with Crippen molar-refractivity contribution < 1.29 is 9.59 Å². The van der Waals surface area contributed by atoms with Crippen LogP contribution in [-0.2, 0) is 9.59 Å². The summed E-state index contributed by atoms with van der Waals surface area (Å²) in [7, 11) is 0. The zero-order chi connectivity index (χ0) is 21.1. The van der Waals surface area contributed by atoms with E-state index in [-0.39, 0.29) is 11.8 Å². The topological polar surface area (TPSA) is 56.8 Å². The predicted octanol–water partition coefficient (Wildman–Crippen LogP) is 3.62. The zero-order valence-corrected chi connectivity index (χ0v) is 18.9. The van der Waals surface area contributed by atoms with Gasteiger partial charge in [0.15, 0.2) is 0 Å². The molecule has 30 heavy (non-hydrogen) atoms. The van der Waals surface area contributed by atoms with E-state index < -0.39 is 0 Å². The van der Waals surface area contributed by atoms with Gasteiger partial charge < -0.3 is 4.90 Å². The molecule has 1 saturated carbocycles. The van der Waals surface area contributed by atoms with Crippen molar-refractivity contribution in [3.8, 4) is 0 Å². The van der Waals surface area contributed by atoms with Crippen molar-refractivity contribution >= 4 is 39.3 Å². The van der Waals surface area contributed by atoms with Crippen molar-refractivity contribution in [3.63, 3.8) is 0 Å². The maximum atomic E-state index is 11.9. The van der Waals surface area contributed by atoms with Gasteiger partial charge in [-0.1, -0.05) is 25.0 Å². The Labute approximate surface area is 183 Å². The largest absolute Gasteiger partial charge is 0.353 e. The molecule has 4 rings (SSSR count). The van der Waals surface area contributed by atoms with Gasteiger partial charge in [0.05, 0.1) is 4.70 Å². The quantitative estimate of drug-likeness (QED) is 0.728. The standard InChI is InChI=1S/C23H32N4O2S/c1-17(28)27(18(2)29)16-20-8-4-3-7-19(20)15-25-11-13-26(14-12-25)23-21-9-5-6-10-22(21)30-24-23/h5-6,9-10,19-20H,3-4,7-8,11-16H2,1-2H3. The molecule has 0 radical (unpaired) electrons. The summed E-state index contributed by atoms with van der Waals surface area (Å²) in [5, 5.41) is 1.26. The van der Waals surface area contributed by atoms with Gasteiger partial charge >= 0.3 is 0 Å². The summed E-state index contributed by atoms with van der Waals surface area (Å²) in [6.07, 6.45) is 4.78. The molecular weight excluding hydrogens is 396 g/mol. The molecule has 162 valence electrons. The Kier molecular flexibility index (Phi) is 6.68. The Balaban J connectivity index is 1.35. The fraction of sp³-hybridized carbons (Fsp3) is 0.609. The molecule has 6 nitrogen and oxygen atoms in total. The van der Waals surface area contributed by atoms with Crippen molar-refractivity contribution in [1.82, 2.24) is 14.2 Å². The number of carbonyl (C=O) groups excluding carboxylic acids is 2. The van der Waals surface area contributed by atoms with Crippen molar-refractivity contribution in [1.29, 1.82) is 0 Å². The first-order valence-electron chi connectivity index (χ1n) is 11.1. The number of fused-ring (bicyclic) bond motifs is 1. The Morgan fingerprint density at radius 3 is 2.40 bits per heavy atom. The molecule has 0 spiro atoms. The third kappa shape index (κ3) is 4.67. The lowest BCUT2D eigenvalue weighted by Gasteiger charge is -2.40. The first kappa shape index (κ1) is 21.2. The molecule has 2 aliphatic rings. The first-order chi connectivity index (χ1) is 14.5. The molecule has 1 saturated heterocycles. The Bertz CT molecular complexity index is 876. The first-order valence-corrected chi connectivity index (χ1v) is 11.9. The highest BCUT2D eigenvalue weighted by molar-refractivity contribution is 7.13. The summed E-state index contributed by atoms with van der Waals surface area (Å²) in [6, 6.07) is 8.47. The monoisotopic (exact) mass is 428 g/mol. The number of hydrogen-bond acceptors (Lipinski definition) is 6. The van der Waals surface area contributed by atoms with E-state index in [2.05, 4.69) is 34.1 Å². The van der Waals surface area contributed by atoms with Gasteiger partial charge in [0.2, 0.25) is 11.8 Å². The lowest BCUT2D eigenvalue weighted by Crippen LogP contribution is -2.50. The van der Waals surface area contributed by atoms with Crippen LogP contribution in [0.3, 0.4) is 0 Å². The van der Waals surface area contributed by atoms with E-state index >= 15 is 0 Å². The highest BCUT2D eigenvalue weighted by Crippen LogP contribution is 2.33. The van der Waals surface area contributed by atoms with E-state index in [0.717, 1.165) is 45.0 Å². The molecular formula is C23H32N4O2S. The molecule has 0 bridgehead atoms. The predicted molar refractivity (Wildman–Crippen MR) is 122 cm³/mol. The van der Waals surface area contributed by atoms with E-state index in [1.54, 1.807) is 11.5 Å². The second-order valence-corrected chi connectivity index (χ2v) is 9.55. The summed E-state index contributed by atoms with van der Waals surface area (Å²) < 4.78 is 5.97. The van der Waals surface area contributed by atoms with Gasteiger partial charge in [-0.2, -0.15) is 4.37 Å². The summed E-state index contributed by atoms with van der Waals surface area (Å²) in [5.41, 5.74) is 0. The normalized spacial score (nSPS) is 22.9. The fourth-order valence-corrected chi connectivity index (χ4v) is 5.85. The minimum absolute atomic E-state index is 0.129. The Hall–Kier alpha value is -1.99. The number of anilines is 1. The average Bonchev–Trinajstić information content (AvgIpc) is 3.17. The van der Waals surface area contributed by atoms with Crippen LogP contribution in [0.25, 0.3) is 10.1 Å². The van der Waals surface area contributed by atoms with Gasteiger partial charge in [0.1, 0.15) is 5.82 Å². The number of carbonyl (C=O) groups is 2. The number of piperazine rings is 1. The number of aromatic nitrogens is 1. The average molecular weight is 429 g/mol. The van der Waals surface area contributed by atoms with Crippen molar-refractivity contribution in [2.24, 2.45) is 11.8 Å². The molecule has 1 aromatic heterocycles. The zero-order valence-electron chi connectivity index (χ0n) is 18.0. The molecule has 7 heteroatoms. The maximum absolute atomic E-state index is 11.9. The fourth-order valence-electron chi connectivity index (χ4n) is 5.05. The maximum Gasteiger partial charge on any atom is 0.226 e. The van der Waals surface area contributed by atoms with Gasteiger partial charge in [-0.25, -0.2) is 0 Å². The van der Waals surface area contributed by atoms with E-state index in [4.69, 9.17) is 4.37 Å². The van der Waals surface area contributed by atoms with Gasteiger partial charge in [0.25, 0.3) is 0 Å². The second-order valence-electron chi connectivity index (χ2n) is 8.74. The highest BCUT2D eigenvalue weighted by Gasteiger charge is 2.31. The van der Waals surface area contributed by atoms with E-state index in [0.29, 0.717) is 18.4 Å². The van der Waals surface area contributed by atoms with Crippen LogP contribution in [0.15, 0.2) is 24.3 Å². The highest BCUT2D eigenvalue weighted by atomic mass is 32.1. The number of amides is 2. The molecule has 2 unspecified atom stereocenters. The number of imide groups is 1. The van der Waals surface area contributed by atoms with Gasteiger partial charge in [-0.05, 0) is 48.3 Å². The van der Waals surface area contributed by atoms with E-state index in [1.807, 2.05) is 0 Å². The summed E-state index contributed by atoms with van der Waals surface area (Å²) in [5.74, 6) is 1.86. The SMILES string of the molecule is CC(=O)N(CC1CCCCC1CN1CCN(c2nsc3ccccc23)CC1)C(C)=O. The minimum atomic E-state index is -0.129. The molecule has 2 heterocycles. The summed E-state index contributed by atoms with van der Waals surface area (Å²) in [4.78, 5) is 30.2.